The fourth-order valence-corrected chi connectivity index (χ4v) is 3.38. The lowest BCUT2D eigenvalue weighted by atomic mass is 10.1. The van der Waals surface area contributed by atoms with Crippen molar-refractivity contribution in [3.63, 3.8) is 0 Å². The first-order valence-electron chi connectivity index (χ1n) is 8.86. The molecule has 2 heterocycles. The number of aryl methyl sites for hydroxylation is 1. The summed E-state index contributed by atoms with van der Waals surface area (Å²) in [6, 6.07) is 15.7. The van der Waals surface area contributed by atoms with Crippen LogP contribution in [0.15, 0.2) is 64.7 Å². The number of nitrogens with zero attached hydrogens (tertiary/aromatic N) is 1. The Hall–Kier alpha value is -3.02. The van der Waals surface area contributed by atoms with E-state index in [-0.39, 0.29) is 12.2 Å². The molecule has 0 spiro atoms. The molecule has 1 aliphatic heterocycles. The van der Waals surface area contributed by atoms with E-state index in [0.717, 1.165) is 16.0 Å². The number of hydrogen-bond donors (Lipinski definition) is 1. The number of furan rings is 1. The molecule has 0 radical (unpaired) electrons. The zero-order valence-electron chi connectivity index (χ0n) is 15.4. The van der Waals surface area contributed by atoms with Crippen molar-refractivity contribution in [3.8, 4) is 11.3 Å². The summed E-state index contributed by atoms with van der Waals surface area (Å²) in [5.74, 6) is 0.517. The minimum absolute atomic E-state index is 0.153. The van der Waals surface area contributed by atoms with Gasteiger partial charge in [0.2, 0.25) is 0 Å². The lowest BCUT2D eigenvalue weighted by molar-refractivity contribution is -0.123. The summed E-state index contributed by atoms with van der Waals surface area (Å²) in [4.78, 5) is 26.1. The first kappa shape index (κ1) is 19.3. The molecule has 0 unspecified atom stereocenters. The van der Waals surface area contributed by atoms with E-state index in [0.29, 0.717) is 27.1 Å². The van der Waals surface area contributed by atoms with Crippen LogP contribution in [-0.2, 0) is 11.3 Å². The van der Waals surface area contributed by atoms with Gasteiger partial charge in [0.15, 0.2) is 0 Å². The number of benzene rings is 2. The highest BCUT2D eigenvalue weighted by Gasteiger charge is 2.33. The average Bonchev–Trinajstić information content (AvgIpc) is 3.26. The number of imide groups is 1. The summed E-state index contributed by atoms with van der Waals surface area (Å²) in [7, 11) is 0. The second-order valence-electron chi connectivity index (χ2n) is 6.69. The summed E-state index contributed by atoms with van der Waals surface area (Å²) in [5.41, 5.74) is 2.78. The van der Waals surface area contributed by atoms with E-state index in [1.807, 2.05) is 31.2 Å². The highest BCUT2D eigenvalue weighted by molar-refractivity contribution is 6.35. The highest BCUT2D eigenvalue weighted by atomic mass is 35.5. The predicted octanol–water partition coefficient (Wildman–Crippen LogP) is 5.65. The van der Waals surface area contributed by atoms with Crippen LogP contribution in [0.5, 0.6) is 0 Å². The molecule has 1 fully saturated rings. The molecule has 3 aromatic rings. The van der Waals surface area contributed by atoms with Crippen molar-refractivity contribution in [3.05, 3.63) is 87.2 Å². The minimum atomic E-state index is -0.466. The Morgan fingerprint density at radius 2 is 1.79 bits per heavy atom. The second-order valence-corrected chi connectivity index (χ2v) is 7.53. The largest absolute Gasteiger partial charge is 0.457 e. The summed E-state index contributed by atoms with van der Waals surface area (Å²) in [5, 5.41) is 3.63. The van der Waals surface area contributed by atoms with Crippen LogP contribution < -0.4 is 5.32 Å². The Bertz CT molecular complexity index is 1130. The molecule has 2 aromatic carbocycles. The number of carbonyl (C=O) groups excluding carboxylic acids is 2. The van der Waals surface area contributed by atoms with Crippen LogP contribution in [0.3, 0.4) is 0 Å². The number of halogens is 2. The van der Waals surface area contributed by atoms with Crippen LogP contribution in [0, 0.1) is 6.92 Å². The Balaban J connectivity index is 1.55. The fourth-order valence-electron chi connectivity index (χ4n) is 3.00. The first-order valence-corrected chi connectivity index (χ1v) is 9.61. The zero-order chi connectivity index (χ0) is 20.5. The lowest BCUT2D eigenvalue weighted by Gasteiger charge is -2.11. The SMILES string of the molecule is Cc1ccc(CN2C(=O)N/C(=C/c3ccc(-c4cc(Cl)ccc4Cl)o3)C2=O)cc1. The molecule has 0 saturated carbocycles. The molecule has 7 heteroatoms. The van der Waals surface area contributed by atoms with Gasteiger partial charge in [-0.3, -0.25) is 9.69 Å². The average molecular weight is 427 g/mol. The molecule has 146 valence electrons. The third kappa shape index (κ3) is 4.06. The van der Waals surface area contributed by atoms with Gasteiger partial charge in [0.05, 0.1) is 11.6 Å². The first-order chi connectivity index (χ1) is 13.9. The molecule has 1 aliphatic rings. The van der Waals surface area contributed by atoms with Crippen LogP contribution in [0.1, 0.15) is 16.9 Å². The normalized spacial score (nSPS) is 15.3. The highest BCUT2D eigenvalue weighted by Crippen LogP contribution is 2.32. The Kier molecular flexibility index (Phi) is 5.18. The van der Waals surface area contributed by atoms with Gasteiger partial charge in [-0.1, -0.05) is 53.0 Å². The summed E-state index contributed by atoms with van der Waals surface area (Å²) in [6.45, 7) is 2.18. The number of rotatable bonds is 4. The quantitative estimate of drug-likeness (QED) is 0.432. The van der Waals surface area contributed by atoms with Crippen LogP contribution in [0.4, 0.5) is 4.79 Å². The summed E-state index contributed by atoms with van der Waals surface area (Å²) < 4.78 is 5.78. The van der Waals surface area contributed by atoms with Gasteiger partial charge >= 0.3 is 6.03 Å². The van der Waals surface area contributed by atoms with Crippen LogP contribution in [0.2, 0.25) is 10.0 Å². The maximum atomic E-state index is 12.7. The van der Waals surface area contributed by atoms with E-state index in [9.17, 15) is 9.59 Å². The lowest BCUT2D eigenvalue weighted by Crippen LogP contribution is -2.30. The van der Waals surface area contributed by atoms with Gasteiger partial charge in [0.1, 0.15) is 17.2 Å². The molecular formula is C22H16Cl2N2O3. The zero-order valence-corrected chi connectivity index (χ0v) is 16.9. The van der Waals surface area contributed by atoms with Gasteiger partial charge in [-0.05, 0) is 42.8 Å². The van der Waals surface area contributed by atoms with Crippen LogP contribution >= 0.6 is 23.2 Å². The number of nitrogens with one attached hydrogen (secondary N) is 1. The second kappa shape index (κ2) is 7.78. The van der Waals surface area contributed by atoms with Crippen molar-refractivity contribution in [2.45, 2.75) is 13.5 Å². The molecule has 5 nitrogen and oxygen atoms in total. The van der Waals surface area contributed by atoms with Crippen LogP contribution in [-0.4, -0.2) is 16.8 Å². The molecule has 29 heavy (non-hydrogen) atoms. The number of hydrogen-bond acceptors (Lipinski definition) is 3. The maximum absolute atomic E-state index is 12.7. The van der Waals surface area contributed by atoms with Crippen molar-refractivity contribution in [1.29, 1.82) is 0 Å². The van der Waals surface area contributed by atoms with E-state index in [4.69, 9.17) is 27.6 Å². The molecule has 1 N–H and O–H groups in total. The Labute approximate surface area is 177 Å². The maximum Gasteiger partial charge on any atom is 0.329 e. The fraction of sp³-hybridized carbons (Fsp3) is 0.0909. The van der Waals surface area contributed by atoms with E-state index >= 15 is 0 Å². The smallest absolute Gasteiger partial charge is 0.329 e. The molecular weight excluding hydrogens is 411 g/mol. The number of carbonyl (C=O) groups is 2. The Morgan fingerprint density at radius 3 is 2.55 bits per heavy atom. The van der Waals surface area contributed by atoms with Crippen molar-refractivity contribution >= 4 is 41.2 Å². The van der Waals surface area contributed by atoms with E-state index < -0.39 is 11.9 Å². The van der Waals surface area contributed by atoms with E-state index in [1.165, 1.54) is 6.08 Å². The predicted molar refractivity (Wildman–Crippen MR) is 112 cm³/mol. The Morgan fingerprint density at radius 1 is 1.03 bits per heavy atom. The summed E-state index contributed by atoms with van der Waals surface area (Å²) >= 11 is 12.2. The topological polar surface area (TPSA) is 62.6 Å². The van der Waals surface area contributed by atoms with Gasteiger partial charge in [-0.2, -0.15) is 0 Å². The number of amides is 3. The van der Waals surface area contributed by atoms with Gasteiger partial charge in [0, 0.05) is 16.7 Å². The molecule has 3 amide bonds. The summed E-state index contributed by atoms with van der Waals surface area (Å²) in [6.07, 6.45) is 1.50. The van der Waals surface area contributed by atoms with Gasteiger partial charge < -0.3 is 9.73 Å². The van der Waals surface area contributed by atoms with Crippen molar-refractivity contribution in [2.24, 2.45) is 0 Å². The third-order valence-electron chi connectivity index (χ3n) is 4.53. The third-order valence-corrected chi connectivity index (χ3v) is 5.10. The molecule has 0 aliphatic carbocycles. The van der Waals surface area contributed by atoms with Crippen molar-refractivity contribution in [2.75, 3.05) is 0 Å². The standard InChI is InChI=1S/C22H16Cl2N2O3/c1-13-2-4-14(5-3-13)12-26-21(27)19(25-22(26)28)11-16-7-9-20(29-16)17-10-15(23)6-8-18(17)24/h2-11H,12H2,1H3,(H,25,28)/b19-11+. The molecule has 1 saturated heterocycles. The van der Waals surface area contributed by atoms with Gasteiger partial charge in [0.25, 0.3) is 5.91 Å². The minimum Gasteiger partial charge on any atom is -0.457 e. The van der Waals surface area contributed by atoms with Crippen molar-refractivity contribution in [1.82, 2.24) is 10.2 Å². The van der Waals surface area contributed by atoms with E-state index in [1.54, 1.807) is 30.3 Å². The monoisotopic (exact) mass is 426 g/mol. The van der Waals surface area contributed by atoms with Crippen molar-refractivity contribution < 1.29 is 14.0 Å². The van der Waals surface area contributed by atoms with Crippen LogP contribution in [0.25, 0.3) is 17.4 Å². The number of urea groups is 1. The molecule has 0 atom stereocenters. The molecule has 1 aromatic heterocycles. The van der Waals surface area contributed by atoms with Gasteiger partial charge in [-0.15, -0.1) is 0 Å². The van der Waals surface area contributed by atoms with E-state index in [2.05, 4.69) is 5.32 Å². The van der Waals surface area contributed by atoms with Gasteiger partial charge in [-0.25, -0.2) is 4.79 Å². The molecule has 0 bridgehead atoms. The molecule has 4 rings (SSSR count).